The minimum absolute atomic E-state index is 0.119. The van der Waals surface area contributed by atoms with Crippen LogP contribution < -0.4 is 15.4 Å². The van der Waals surface area contributed by atoms with Crippen molar-refractivity contribution in [3.8, 4) is 5.75 Å². The van der Waals surface area contributed by atoms with Crippen LogP contribution in [-0.2, 0) is 11.3 Å². The van der Waals surface area contributed by atoms with Crippen LogP contribution in [0, 0.1) is 20.8 Å². The van der Waals surface area contributed by atoms with E-state index in [0.29, 0.717) is 17.3 Å². The molecule has 0 aliphatic rings. The first kappa shape index (κ1) is 22.0. The van der Waals surface area contributed by atoms with Crippen LogP contribution in [0.15, 0.2) is 54.6 Å². The highest BCUT2D eigenvalue weighted by atomic mass is 35.5. The number of carbonyl (C=O) groups is 1. The van der Waals surface area contributed by atoms with Crippen LogP contribution in [0.3, 0.4) is 0 Å². The van der Waals surface area contributed by atoms with Gasteiger partial charge in [0, 0.05) is 22.9 Å². The molecule has 0 spiro atoms. The van der Waals surface area contributed by atoms with Crippen molar-refractivity contribution >= 4 is 40.5 Å². The summed E-state index contributed by atoms with van der Waals surface area (Å²) >= 11 is 12.5. The Balaban J connectivity index is 1.55. The molecule has 3 rings (SSSR count). The van der Waals surface area contributed by atoms with Crippen molar-refractivity contribution in [2.24, 2.45) is 0 Å². The zero-order chi connectivity index (χ0) is 21.7. The van der Waals surface area contributed by atoms with E-state index in [0.717, 1.165) is 33.1 Å². The quantitative estimate of drug-likeness (QED) is 0.436. The second-order valence-corrected chi connectivity index (χ2v) is 7.98. The van der Waals surface area contributed by atoms with Gasteiger partial charge in [-0.25, -0.2) is 0 Å². The summed E-state index contributed by atoms with van der Waals surface area (Å²) in [6, 6.07) is 17.0. The molecule has 0 atom stereocenters. The van der Waals surface area contributed by atoms with Gasteiger partial charge in [-0.3, -0.25) is 4.79 Å². The Labute approximate surface area is 187 Å². The molecule has 0 fully saturated rings. The molecule has 0 saturated heterocycles. The molecule has 3 aromatic carbocycles. The van der Waals surface area contributed by atoms with Gasteiger partial charge in [-0.2, -0.15) is 0 Å². The zero-order valence-corrected chi connectivity index (χ0v) is 18.7. The van der Waals surface area contributed by atoms with Crippen LogP contribution in [0.1, 0.15) is 22.3 Å². The fourth-order valence-corrected chi connectivity index (χ4v) is 3.36. The maximum Gasteiger partial charge on any atom is 0.262 e. The van der Waals surface area contributed by atoms with Crippen molar-refractivity contribution in [2.45, 2.75) is 27.3 Å². The molecular weight excluding hydrogens is 419 g/mol. The highest BCUT2D eigenvalue weighted by Crippen LogP contribution is 2.27. The standard InChI is InChI=1S/C24H24Cl2N2O2/c1-15-7-9-19(11-16(15)2)28-24(29)14-30-23-10-8-18(12-21(23)26)13-27-22-6-4-5-20(25)17(22)3/h4-12,27H,13-14H2,1-3H3,(H,28,29). The summed E-state index contributed by atoms with van der Waals surface area (Å²) in [4.78, 5) is 12.2. The van der Waals surface area contributed by atoms with E-state index in [-0.39, 0.29) is 12.5 Å². The third-order valence-electron chi connectivity index (χ3n) is 4.90. The number of amides is 1. The number of carbonyl (C=O) groups excluding carboxylic acids is 1. The van der Waals surface area contributed by atoms with E-state index in [1.807, 2.05) is 69.3 Å². The number of ether oxygens (including phenoxy) is 1. The molecule has 0 saturated carbocycles. The molecule has 0 aromatic heterocycles. The molecule has 3 aromatic rings. The summed E-state index contributed by atoms with van der Waals surface area (Å²) in [7, 11) is 0. The highest BCUT2D eigenvalue weighted by Gasteiger charge is 2.09. The van der Waals surface area contributed by atoms with Gasteiger partial charge in [-0.15, -0.1) is 0 Å². The fraction of sp³-hybridized carbons (Fsp3) is 0.208. The van der Waals surface area contributed by atoms with E-state index in [2.05, 4.69) is 10.6 Å². The summed E-state index contributed by atoms with van der Waals surface area (Å²) in [5.41, 5.74) is 6.01. The Hall–Kier alpha value is -2.69. The third-order valence-corrected chi connectivity index (χ3v) is 5.60. The predicted molar refractivity (Wildman–Crippen MR) is 125 cm³/mol. The molecule has 2 N–H and O–H groups in total. The molecule has 0 bridgehead atoms. The van der Waals surface area contributed by atoms with Gasteiger partial charge in [0.25, 0.3) is 5.91 Å². The van der Waals surface area contributed by atoms with Crippen LogP contribution in [0.2, 0.25) is 10.0 Å². The van der Waals surface area contributed by atoms with E-state index >= 15 is 0 Å². The first-order valence-electron chi connectivity index (χ1n) is 9.61. The molecule has 1 amide bonds. The lowest BCUT2D eigenvalue weighted by atomic mass is 10.1. The Morgan fingerprint density at radius 1 is 0.933 bits per heavy atom. The Morgan fingerprint density at radius 3 is 2.47 bits per heavy atom. The summed E-state index contributed by atoms with van der Waals surface area (Å²) in [5.74, 6) is 0.228. The number of hydrogen-bond donors (Lipinski definition) is 2. The summed E-state index contributed by atoms with van der Waals surface area (Å²) in [5, 5.41) is 7.36. The molecule has 6 heteroatoms. The van der Waals surface area contributed by atoms with Crippen molar-refractivity contribution < 1.29 is 9.53 Å². The average molecular weight is 443 g/mol. The van der Waals surface area contributed by atoms with Gasteiger partial charge < -0.3 is 15.4 Å². The van der Waals surface area contributed by atoms with Crippen molar-refractivity contribution in [3.63, 3.8) is 0 Å². The zero-order valence-electron chi connectivity index (χ0n) is 17.2. The van der Waals surface area contributed by atoms with Crippen LogP contribution in [-0.4, -0.2) is 12.5 Å². The second kappa shape index (κ2) is 9.88. The lowest BCUT2D eigenvalue weighted by molar-refractivity contribution is -0.118. The molecule has 0 unspecified atom stereocenters. The third kappa shape index (κ3) is 5.68. The number of aryl methyl sites for hydroxylation is 2. The lowest BCUT2D eigenvalue weighted by Gasteiger charge is -2.13. The Morgan fingerprint density at radius 2 is 1.73 bits per heavy atom. The van der Waals surface area contributed by atoms with Gasteiger partial charge in [0.15, 0.2) is 6.61 Å². The van der Waals surface area contributed by atoms with E-state index in [4.69, 9.17) is 27.9 Å². The van der Waals surface area contributed by atoms with Crippen molar-refractivity contribution in [1.82, 2.24) is 0 Å². The van der Waals surface area contributed by atoms with Crippen LogP contribution in [0.25, 0.3) is 0 Å². The van der Waals surface area contributed by atoms with Gasteiger partial charge in [0.05, 0.1) is 5.02 Å². The molecule has 0 aliphatic carbocycles. The van der Waals surface area contributed by atoms with Gasteiger partial charge in [-0.1, -0.05) is 41.4 Å². The number of nitrogens with one attached hydrogen (secondary N) is 2. The normalized spacial score (nSPS) is 10.6. The predicted octanol–water partition coefficient (Wildman–Crippen LogP) is 6.55. The van der Waals surface area contributed by atoms with Crippen LogP contribution >= 0.6 is 23.2 Å². The first-order chi connectivity index (χ1) is 14.3. The summed E-state index contributed by atoms with van der Waals surface area (Å²) in [6.45, 7) is 6.48. The second-order valence-electron chi connectivity index (χ2n) is 7.17. The number of halogens is 2. The Kier molecular flexibility index (Phi) is 7.24. The SMILES string of the molecule is Cc1ccc(NC(=O)COc2ccc(CNc3cccc(Cl)c3C)cc2Cl)cc1C. The maximum absolute atomic E-state index is 12.2. The van der Waals surface area contributed by atoms with Crippen molar-refractivity contribution in [3.05, 3.63) is 86.9 Å². The number of benzene rings is 3. The Bertz CT molecular complexity index is 1070. The minimum Gasteiger partial charge on any atom is -0.482 e. The number of rotatable bonds is 7. The topological polar surface area (TPSA) is 50.4 Å². The van der Waals surface area contributed by atoms with Gasteiger partial charge in [0.1, 0.15) is 5.75 Å². The van der Waals surface area contributed by atoms with Crippen LogP contribution in [0.5, 0.6) is 5.75 Å². The van der Waals surface area contributed by atoms with E-state index in [9.17, 15) is 4.79 Å². The molecule has 0 aliphatic heterocycles. The van der Waals surface area contributed by atoms with Gasteiger partial charge >= 0.3 is 0 Å². The highest BCUT2D eigenvalue weighted by molar-refractivity contribution is 6.32. The van der Waals surface area contributed by atoms with Gasteiger partial charge in [-0.05, 0) is 79.4 Å². The minimum atomic E-state index is -0.239. The summed E-state index contributed by atoms with van der Waals surface area (Å²) in [6.07, 6.45) is 0. The first-order valence-corrected chi connectivity index (χ1v) is 10.4. The van der Waals surface area contributed by atoms with E-state index < -0.39 is 0 Å². The molecule has 4 nitrogen and oxygen atoms in total. The van der Waals surface area contributed by atoms with Crippen molar-refractivity contribution in [2.75, 3.05) is 17.2 Å². The molecule has 0 heterocycles. The monoisotopic (exact) mass is 442 g/mol. The maximum atomic E-state index is 12.2. The molecule has 30 heavy (non-hydrogen) atoms. The summed E-state index contributed by atoms with van der Waals surface area (Å²) < 4.78 is 5.60. The molecular formula is C24H24Cl2N2O2. The van der Waals surface area contributed by atoms with Crippen molar-refractivity contribution in [1.29, 1.82) is 0 Å². The number of anilines is 2. The van der Waals surface area contributed by atoms with E-state index in [1.54, 1.807) is 6.07 Å². The van der Waals surface area contributed by atoms with Crippen LogP contribution in [0.4, 0.5) is 11.4 Å². The van der Waals surface area contributed by atoms with Gasteiger partial charge in [0.2, 0.25) is 0 Å². The fourth-order valence-electron chi connectivity index (χ4n) is 2.93. The largest absolute Gasteiger partial charge is 0.482 e. The molecule has 0 radical (unpaired) electrons. The number of hydrogen-bond acceptors (Lipinski definition) is 3. The molecule has 156 valence electrons. The van der Waals surface area contributed by atoms with E-state index in [1.165, 1.54) is 5.56 Å². The lowest BCUT2D eigenvalue weighted by Crippen LogP contribution is -2.20. The average Bonchev–Trinajstić information content (AvgIpc) is 2.71. The smallest absolute Gasteiger partial charge is 0.262 e.